The number of rotatable bonds is 8. The zero-order valence-corrected chi connectivity index (χ0v) is 25.2. The van der Waals surface area contributed by atoms with Crippen molar-refractivity contribution in [3.63, 3.8) is 0 Å². The SMILES string of the molecule is CCC=C1N=c2ccccc2=N1.CCCOP(c1ccccc1)(c1ccccc1)(c1ccccc1)c1ccccc1.O. The van der Waals surface area contributed by atoms with E-state index in [1.54, 1.807) is 0 Å². The maximum Gasteiger partial charge on any atom is -0.412 e. The summed E-state index contributed by atoms with van der Waals surface area (Å²) in [6.07, 6.45) is 3.97. The van der Waals surface area contributed by atoms with Gasteiger partial charge in [-0.1, -0.05) is 19.1 Å². The molecule has 0 saturated carbocycles. The van der Waals surface area contributed by atoms with E-state index in [1.807, 2.05) is 30.3 Å². The van der Waals surface area contributed by atoms with Gasteiger partial charge in [0.25, 0.3) is 0 Å². The molecule has 214 valence electrons. The third-order valence-corrected chi connectivity index (χ3v) is 13.1. The van der Waals surface area contributed by atoms with E-state index in [2.05, 4.69) is 145 Å². The molecule has 0 aliphatic carbocycles. The molecule has 0 saturated heterocycles. The Bertz CT molecular complexity index is 1500. The van der Waals surface area contributed by atoms with E-state index in [0.29, 0.717) is 6.61 Å². The van der Waals surface area contributed by atoms with E-state index < -0.39 is 6.83 Å². The van der Waals surface area contributed by atoms with Gasteiger partial charge in [-0.3, -0.25) is 0 Å². The van der Waals surface area contributed by atoms with Crippen LogP contribution in [0.15, 0.2) is 167 Å². The fourth-order valence-corrected chi connectivity index (χ4v) is 11.4. The minimum Gasteiger partial charge on any atom is -0.412 e. The molecule has 0 bridgehead atoms. The minimum absolute atomic E-state index is 0. The first-order valence-corrected chi connectivity index (χ1v) is 16.5. The van der Waals surface area contributed by atoms with Crippen molar-refractivity contribution in [3.8, 4) is 0 Å². The number of hydrogen-bond acceptors (Lipinski definition) is 3. The van der Waals surface area contributed by atoms with E-state index >= 15 is 0 Å². The molecule has 5 aromatic carbocycles. The largest absolute Gasteiger partial charge is 0.412 e. The molecular formula is C37H39N2O2P. The molecule has 2 N–H and O–H groups in total. The normalized spacial score (nSPS) is 12.6. The Morgan fingerprint density at radius 1 is 0.524 bits per heavy atom. The average molecular weight is 575 g/mol. The van der Waals surface area contributed by atoms with E-state index in [1.165, 1.54) is 21.2 Å². The van der Waals surface area contributed by atoms with Crippen molar-refractivity contribution < 1.29 is 10.00 Å². The topological polar surface area (TPSA) is 65.5 Å². The standard InChI is InChI=1S/C27H27OP.C10H10N2.H2O/c1-2-23-28-29(24-15-7-3-8-16-24,25-17-9-4-10-18-25,26-19-11-5-12-20-26)27-21-13-6-14-22-27;1-2-5-10-11-8-6-3-4-7-9(8)12-10;/h3-22H,2,23H2,1H3;3-7H,2H2,1H3;1H2. The monoisotopic (exact) mass is 574 g/mol. The quantitative estimate of drug-likeness (QED) is 0.224. The van der Waals surface area contributed by atoms with E-state index in [0.717, 1.165) is 29.4 Å². The smallest absolute Gasteiger partial charge is 0.412 e. The van der Waals surface area contributed by atoms with Crippen LogP contribution in [0, 0.1) is 0 Å². The zero-order valence-electron chi connectivity index (χ0n) is 24.3. The van der Waals surface area contributed by atoms with Crippen LogP contribution in [0.25, 0.3) is 0 Å². The summed E-state index contributed by atoms with van der Waals surface area (Å²) in [6, 6.07) is 51.1. The molecule has 0 aromatic heterocycles. The third-order valence-electron chi connectivity index (χ3n) is 7.29. The number of para-hydroxylation sites is 2. The zero-order chi connectivity index (χ0) is 28.4. The Hall–Kier alpha value is -4.21. The molecule has 1 aliphatic rings. The van der Waals surface area contributed by atoms with Gasteiger partial charge >= 0.3 is 174 Å². The fraction of sp³-hybridized carbons (Fsp3) is 0.135. The van der Waals surface area contributed by atoms with Crippen LogP contribution in [0.3, 0.4) is 0 Å². The van der Waals surface area contributed by atoms with Gasteiger partial charge in [-0.25, -0.2) is 9.98 Å². The van der Waals surface area contributed by atoms with Gasteiger partial charge in [-0.05, 0) is 24.6 Å². The molecule has 1 aliphatic heterocycles. The van der Waals surface area contributed by atoms with Gasteiger partial charge in [0.05, 0.1) is 10.7 Å². The Kier molecular flexibility index (Phi) is 10.3. The number of nitrogens with zero attached hydrogens (tertiary/aromatic N) is 2. The first-order valence-electron chi connectivity index (χ1n) is 14.3. The van der Waals surface area contributed by atoms with Crippen molar-refractivity contribution in [1.82, 2.24) is 0 Å². The number of benzene rings is 5. The first-order chi connectivity index (χ1) is 20.2. The summed E-state index contributed by atoms with van der Waals surface area (Å²) in [6.45, 7) is 1.55. The van der Waals surface area contributed by atoms with Crippen LogP contribution in [0.5, 0.6) is 0 Å². The van der Waals surface area contributed by atoms with Gasteiger partial charge in [0.15, 0.2) is 0 Å². The summed E-state index contributed by atoms with van der Waals surface area (Å²) in [5.41, 5.74) is 0. The van der Waals surface area contributed by atoms with Gasteiger partial charge in [0.2, 0.25) is 0 Å². The van der Waals surface area contributed by atoms with E-state index in [-0.39, 0.29) is 5.48 Å². The molecule has 1 heterocycles. The first kappa shape index (κ1) is 30.7. The van der Waals surface area contributed by atoms with Crippen LogP contribution in [0.2, 0.25) is 0 Å². The van der Waals surface area contributed by atoms with Crippen LogP contribution >= 0.6 is 6.83 Å². The van der Waals surface area contributed by atoms with Gasteiger partial charge in [0.1, 0.15) is 5.82 Å². The Labute approximate surface area is 249 Å². The molecule has 0 unspecified atom stereocenters. The van der Waals surface area contributed by atoms with Crippen molar-refractivity contribution in [2.75, 3.05) is 6.61 Å². The van der Waals surface area contributed by atoms with Crippen molar-refractivity contribution in [2.45, 2.75) is 26.7 Å². The molecule has 0 amide bonds. The predicted octanol–water partition coefficient (Wildman–Crippen LogP) is 5.55. The van der Waals surface area contributed by atoms with E-state index in [9.17, 15) is 0 Å². The summed E-state index contributed by atoms with van der Waals surface area (Å²) in [4.78, 5) is 8.67. The second-order valence-electron chi connectivity index (χ2n) is 9.89. The number of allylic oxidation sites excluding steroid dienone is 1. The predicted molar refractivity (Wildman–Crippen MR) is 178 cm³/mol. The molecule has 0 fully saturated rings. The maximum atomic E-state index is 7.24. The van der Waals surface area contributed by atoms with Gasteiger partial charge in [0, 0.05) is 0 Å². The Morgan fingerprint density at radius 2 is 0.857 bits per heavy atom. The van der Waals surface area contributed by atoms with Gasteiger partial charge < -0.3 is 5.48 Å². The minimum atomic E-state index is -3.39. The summed E-state index contributed by atoms with van der Waals surface area (Å²) in [7, 11) is 0. The molecule has 5 aromatic rings. The second-order valence-corrected chi connectivity index (χ2v) is 14.3. The Morgan fingerprint density at radius 3 is 1.17 bits per heavy atom. The van der Waals surface area contributed by atoms with Gasteiger partial charge in [-0.15, -0.1) is 0 Å². The molecule has 42 heavy (non-hydrogen) atoms. The van der Waals surface area contributed by atoms with Gasteiger partial charge in [-0.2, -0.15) is 0 Å². The van der Waals surface area contributed by atoms with Crippen LogP contribution in [0.1, 0.15) is 26.7 Å². The Balaban J connectivity index is 0.000000261. The molecule has 0 radical (unpaired) electrons. The molecule has 0 atom stereocenters. The molecule has 6 rings (SSSR count). The van der Waals surface area contributed by atoms with Crippen LogP contribution in [0.4, 0.5) is 0 Å². The molecule has 5 heteroatoms. The second kappa shape index (κ2) is 14.1. The summed E-state index contributed by atoms with van der Waals surface area (Å²) in [5, 5.41) is 6.90. The van der Waals surface area contributed by atoms with Crippen molar-refractivity contribution in [1.29, 1.82) is 0 Å². The fourth-order valence-electron chi connectivity index (χ4n) is 5.52. The summed E-state index contributed by atoms with van der Waals surface area (Å²) in [5.74, 6) is 0.846. The summed E-state index contributed by atoms with van der Waals surface area (Å²) < 4.78 is 7.24. The average Bonchev–Trinajstić information content (AvgIpc) is 3.47. The van der Waals surface area contributed by atoms with Crippen molar-refractivity contribution >= 4 is 28.0 Å². The van der Waals surface area contributed by atoms with Crippen molar-refractivity contribution in [2.24, 2.45) is 9.98 Å². The molecule has 0 spiro atoms. The van der Waals surface area contributed by atoms with E-state index in [4.69, 9.17) is 4.52 Å². The molecular weight excluding hydrogens is 535 g/mol. The van der Waals surface area contributed by atoms with Crippen molar-refractivity contribution in [3.05, 3.63) is 168 Å². The van der Waals surface area contributed by atoms with Crippen LogP contribution < -0.4 is 31.9 Å². The number of fused-ring (bicyclic) bond motifs is 1. The number of hydrogen-bond donors (Lipinski definition) is 0. The molecule has 4 nitrogen and oxygen atoms in total. The van der Waals surface area contributed by atoms with Crippen LogP contribution in [-0.2, 0) is 4.52 Å². The van der Waals surface area contributed by atoms with Crippen LogP contribution in [-0.4, -0.2) is 12.1 Å². The summed E-state index contributed by atoms with van der Waals surface area (Å²) >= 11 is 0. The maximum absolute atomic E-state index is 7.24. The third kappa shape index (κ3) is 5.62.